The summed E-state index contributed by atoms with van der Waals surface area (Å²) in [6.45, 7) is 1.55. The lowest BCUT2D eigenvalue weighted by molar-refractivity contribution is 0.101. The van der Waals surface area contributed by atoms with Gasteiger partial charge in [0.2, 0.25) is 5.16 Å². The van der Waals surface area contributed by atoms with Gasteiger partial charge in [0.15, 0.2) is 5.78 Å². The fourth-order valence-corrected chi connectivity index (χ4v) is 2.16. The largest absolute Gasteiger partial charge is 0.294 e. The van der Waals surface area contributed by atoms with Crippen molar-refractivity contribution in [1.82, 2.24) is 20.2 Å². The average molecular weight is 234 g/mol. The summed E-state index contributed by atoms with van der Waals surface area (Å²) in [4.78, 5) is 12.3. The lowest BCUT2D eigenvalue weighted by Crippen LogP contribution is -1.97. The highest BCUT2D eigenvalue weighted by atomic mass is 32.2. The molecule has 0 radical (unpaired) electrons. The van der Waals surface area contributed by atoms with E-state index in [2.05, 4.69) is 15.5 Å². The number of tetrazole rings is 1. The van der Waals surface area contributed by atoms with Gasteiger partial charge in [-0.25, -0.2) is 4.68 Å². The van der Waals surface area contributed by atoms with Gasteiger partial charge in [-0.2, -0.15) is 0 Å². The van der Waals surface area contributed by atoms with Crippen LogP contribution in [0.25, 0.3) is 0 Å². The minimum atomic E-state index is 0.0400. The third-order valence-electron chi connectivity index (χ3n) is 2.05. The number of benzene rings is 1. The van der Waals surface area contributed by atoms with Crippen molar-refractivity contribution in [2.24, 2.45) is 7.05 Å². The highest BCUT2D eigenvalue weighted by Gasteiger charge is 2.10. The second-order valence-corrected chi connectivity index (χ2v) is 4.25. The van der Waals surface area contributed by atoms with E-state index < -0.39 is 0 Å². The van der Waals surface area contributed by atoms with Crippen molar-refractivity contribution in [3.8, 4) is 0 Å². The molecule has 0 aliphatic heterocycles. The summed E-state index contributed by atoms with van der Waals surface area (Å²) in [5, 5.41) is 11.8. The second kappa shape index (κ2) is 4.44. The van der Waals surface area contributed by atoms with E-state index in [-0.39, 0.29) is 5.78 Å². The smallest absolute Gasteiger partial charge is 0.213 e. The van der Waals surface area contributed by atoms with Crippen LogP contribution in [0.2, 0.25) is 0 Å². The molecule has 0 aliphatic carbocycles. The molecule has 0 spiro atoms. The summed E-state index contributed by atoms with van der Waals surface area (Å²) >= 11 is 1.38. The SMILES string of the molecule is CC(=O)c1ccccc1Sc1nnnn1C. The zero-order valence-electron chi connectivity index (χ0n) is 8.91. The predicted molar refractivity (Wildman–Crippen MR) is 59.4 cm³/mol. The molecule has 0 fully saturated rings. The van der Waals surface area contributed by atoms with E-state index >= 15 is 0 Å². The van der Waals surface area contributed by atoms with Gasteiger partial charge in [-0.1, -0.05) is 18.2 Å². The zero-order chi connectivity index (χ0) is 11.5. The molecule has 1 aromatic carbocycles. The number of ketones is 1. The highest BCUT2D eigenvalue weighted by molar-refractivity contribution is 7.99. The molecular formula is C10H10N4OS. The minimum Gasteiger partial charge on any atom is -0.294 e. The van der Waals surface area contributed by atoms with Crippen LogP contribution in [-0.4, -0.2) is 26.0 Å². The molecular weight excluding hydrogens is 224 g/mol. The van der Waals surface area contributed by atoms with Crippen LogP contribution >= 0.6 is 11.8 Å². The van der Waals surface area contributed by atoms with Gasteiger partial charge in [-0.3, -0.25) is 4.79 Å². The Morgan fingerprint density at radius 2 is 2.12 bits per heavy atom. The maximum atomic E-state index is 11.4. The maximum Gasteiger partial charge on any atom is 0.213 e. The van der Waals surface area contributed by atoms with Crippen molar-refractivity contribution >= 4 is 17.5 Å². The quantitative estimate of drug-likeness (QED) is 0.754. The van der Waals surface area contributed by atoms with Crippen LogP contribution in [-0.2, 0) is 7.05 Å². The number of aromatic nitrogens is 4. The van der Waals surface area contributed by atoms with Gasteiger partial charge in [-0.15, -0.1) is 5.10 Å². The van der Waals surface area contributed by atoms with Gasteiger partial charge in [-0.05, 0) is 35.2 Å². The first-order chi connectivity index (χ1) is 7.68. The van der Waals surface area contributed by atoms with Crippen LogP contribution < -0.4 is 0 Å². The molecule has 0 N–H and O–H groups in total. The lowest BCUT2D eigenvalue weighted by atomic mass is 10.1. The predicted octanol–water partition coefficient (Wildman–Crippen LogP) is 1.56. The Morgan fingerprint density at radius 3 is 2.75 bits per heavy atom. The van der Waals surface area contributed by atoms with E-state index in [0.29, 0.717) is 10.7 Å². The van der Waals surface area contributed by atoms with E-state index in [1.54, 1.807) is 24.7 Å². The van der Waals surface area contributed by atoms with Crippen molar-refractivity contribution in [2.45, 2.75) is 17.0 Å². The van der Waals surface area contributed by atoms with E-state index in [9.17, 15) is 4.79 Å². The summed E-state index contributed by atoms with van der Waals surface area (Å²) < 4.78 is 1.57. The van der Waals surface area contributed by atoms with Crippen molar-refractivity contribution in [3.63, 3.8) is 0 Å². The topological polar surface area (TPSA) is 60.7 Å². The Morgan fingerprint density at radius 1 is 1.38 bits per heavy atom. The fourth-order valence-electron chi connectivity index (χ4n) is 1.25. The summed E-state index contributed by atoms with van der Waals surface area (Å²) in [6.07, 6.45) is 0. The third-order valence-corrected chi connectivity index (χ3v) is 3.15. The molecule has 5 nitrogen and oxygen atoms in total. The number of carbonyl (C=O) groups excluding carboxylic acids is 1. The van der Waals surface area contributed by atoms with Crippen LogP contribution in [0.3, 0.4) is 0 Å². The Hall–Kier alpha value is -1.69. The van der Waals surface area contributed by atoms with Gasteiger partial charge in [0.25, 0.3) is 0 Å². The molecule has 82 valence electrons. The monoisotopic (exact) mass is 234 g/mol. The van der Waals surface area contributed by atoms with Crippen LogP contribution in [0.1, 0.15) is 17.3 Å². The molecule has 0 atom stereocenters. The van der Waals surface area contributed by atoms with Crippen LogP contribution in [0, 0.1) is 0 Å². The minimum absolute atomic E-state index is 0.0400. The zero-order valence-corrected chi connectivity index (χ0v) is 9.73. The number of carbonyl (C=O) groups is 1. The van der Waals surface area contributed by atoms with Crippen molar-refractivity contribution in [3.05, 3.63) is 29.8 Å². The Kier molecular flexibility index (Phi) is 3.00. The average Bonchev–Trinajstić information content (AvgIpc) is 2.65. The molecule has 0 bridgehead atoms. The molecule has 0 saturated carbocycles. The van der Waals surface area contributed by atoms with E-state index in [0.717, 1.165) is 4.90 Å². The molecule has 16 heavy (non-hydrogen) atoms. The molecule has 0 aliphatic rings. The van der Waals surface area contributed by atoms with Gasteiger partial charge in [0.05, 0.1) is 0 Å². The number of nitrogens with zero attached hydrogens (tertiary/aromatic N) is 4. The first kappa shape index (κ1) is 10.8. The van der Waals surface area contributed by atoms with Gasteiger partial charge >= 0.3 is 0 Å². The number of Topliss-reactive ketones (excluding diaryl/α,β-unsaturated/α-hetero) is 1. The maximum absolute atomic E-state index is 11.4. The number of hydrogen-bond donors (Lipinski definition) is 0. The molecule has 2 aromatic rings. The molecule has 6 heteroatoms. The van der Waals surface area contributed by atoms with Crippen molar-refractivity contribution in [1.29, 1.82) is 0 Å². The van der Waals surface area contributed by atoms with Gasteiger partial charge in [0.1, 0.15) is 0 Å². The Balaban J connectivity index is 2.35. The van der Waals surface area contributed by atoms with Gasteiger partial charge in [0, 0.05) is 17.5 Å². The lowest BCUT2D eigenvalue weighted by Gasteiger charge is -2.04. The number of aryl methyl sites for hydroxylation is 1. The van der Waals surface area contributed by atoms with Crippen molar-refractivity contribution in [2.75, 3.05) is 0 Å². The number of hydrogen-bond acceptors (Lipinski definition) is 5. The normalized spacial score (nSPS) is 10.4. The summed E-state index contributed by atoms with van der Waals surface area (Å²) in [7, 11) is 1.76. The van der Waals surface area contributed by atoms with Crippen molar-refractivity contribution < 1.29 is 4.79 Å². The molecule has 0 unspecified atom stereocenters. The third kappa shape index (κ3) is 2.11. The number of rotatable bonds is 3. The summed E-state index contributed by atoms with van der Waals surface area (Å²) in [5.74, 6) is 0.0400. The van der Waals surface area contributed by atoms with E-state index in [1.165, 1.54) is 11.8 Å². The first-order valence-corrected chi connectivity index (χ1v) is 5.50. The summed E-state index contributed by atoms with van der Waals surface area (Å²) in [5.41, 5.74) is 0.690. The van der Waals surface area contributed by atoms with Gasteiger partial charge < -0.3 is 0 Å². The molecule has 0 saturated heterocycles. The molecule has 0 amide bonds. The van der Waals surface area contributed by atoms with Crippen LogP contribution in [0.15, 0.2) is 34.3 Å². The van der Waals surface area contributed by atoms with Crippen LogP contribution in [0.5, 0.6) is 0 Å². The first-order valence-electron chi connectivity index (χ1n) is 4.68. The highest BCUT2D eigenvalue weighted by Crippen LogP contribution is 2.28. The molecule has 1 heterocycles. The Labute approximate surface area is 96.9 Å². The summed E-state index contributed by atoms with van der Waals surface area (Å²) in [6, 6.07) is 7.42. The molecule has 2 rings (SSSR count). The van der Waals surface area contributed by atoms with E-state index in [4.69, 9.17) is 0 Å². The second-order valence-electron chi connectivity index (χ2n) is 3.24. The standard InChI is InChI=1S/C10H10N4OS/c1-7(15)8-5-3-4-6-9(8)16-10-11-12-13-14(10)2/h3-6H,1-2H3. The Bertz CT molecular complexity index is 523. The fraction of sp³-hybridized carbons (Fsp3) is 0.200. The van der Waals surface area contributed by atoms with Crippen LogP contribution in [0.4, 0.5) is 0 Å². The van der Waals surface area contributed by atoms with E-state index in [1.807, 2.05) is 18.2 Å². The molecule has 1 aromatic heterocycles.